The van der Waals surface area contributed by atoms with Crippen LogP contribution in [0.5, 0.6) is 0 Å². The molecule has 1 heterocycles. The fourth-order valence-electron chi connectivity index (χ4n) is 2.46. The summed E-state index contributed by atoms with van der Waals surface area (Å²) in [5.41, 5.74) is 2.72. The van der Waals surface area contributed by atoms with E-state index in [9.17, 15) is 0 Å². The van der Waals surface area contributed by atoms with E-state index in [1.807, 2.05) is 0 Å². The van der Waals surface area contributed by atoms with Crippen molar-refractivity contribution >= 4 is 5.96 Å². The second kappa shape index (κ2) is 6.81. The molecule has 5 nitrogen and oxygen atoms in total. The van der Waals surface area contributed by atoms with Gasteiger partial charge in [-0.25, -0.2) is 10.8 Å². The molecular weight excluding hydrogens is 216 g/mol. The Morgan fingerprint density at radius 1 is 1.47 bits per heavy atom. The maximum atomic E-state index is 5.58. The number of rotatable bonds is 3. The van der Waals surface area contributed by atoms with Gasteiger partial charge in [0.25, 0.3) is 0 Å². The van der Waals surface area contributed by atoms with Crippen molar-refractivity contribution in [1.29, 1.82) is 0 Å². The van der Waals surface area contributed by atoms with Gasteiger partial charge >= 0.3 is 0 Å². The predicted molar refractivity (Wildman–Crippen MR) is 70.6 cm³/mol. The van der Waals surface area contributed by atoms with Gasteiger partial charge in [0, 0.05) is 19.7 Å². The molecule has 0 amide bonds. The first-order chi connectivity index (χ1) is 8.10. The summed E-state index contributed by atoms with van der Waals surface area (Å²) in [4.78, 5) is 6.73. The van der Waals surface area contributed by atoms with Crippen molar-refractivity contribution in [2.75, 3.05) is 26.8 Å². The van der Waals surface area contributed by atoms with Crippen LogP contribution in [0.25, 0.3) is 0 Å². The Morgan fingerprint density at radius 3 is 2.76 bits per heavy atom. The number of hydrogen-bond donors (Lipinski definition) is 2. The Hall–Kier alpha value is -0.810. The fraction of sp³-hybridized carbons (Fsp3) is 0.917. The number of methoxy groups -OCH3 is 1. The summed E-state index contributed by atoms with van der Waals surface area (Å²) in [5, 5.41) is 0. The van der Waals surface area contributed by atoms with Crippen molar-refractivity contribution in [2.45, 2.75) is 33.2 Å². The highest BCUT2D eigenvalue weighted by atomic mass is 16.5. The number of ether oxygens (including phenoxy) is 1. The lowest BCUT2D eigenvalue weighted by atomic mass is 9.86. The molecule has 1 aliphatic rings. The van der Waals surface area contributed by atoms with E-state index in [0.717, 1.165) is 12.5 Å². The monoisotopic (exact) mass is 242 g/mol. The fourth-order valence-corrected chi connectivity index (χ4v) is 2.46. The Kier molecular flexibility index (Phi) is 5.71. The lowest BCUT2D eigenvalue weighted by molar-refractivity contribution is 0.142. The first-order valence-corrected chi connectivity index (χ1v) is 6.36. The molecule has 1 rings (SSSR count). The van der Waals surface area contributed by atoms with Crippen LogP contribution in [0.4, 0.5) is 0 Å². The van der Waals surface area contributed by atoms with Crippen LogP contribution < -0.4 is 11.3 Å². The quantitative estimate of drug-likeness (QED) is 0.253. The third kappa shape index (κ3) is 3.85. The molecule has 3 unspecified atom stereocenters. The van der Waals surface area contributed by atoms with E-state index in [-0.39, 0.29) is 0 Å². The van der Waals surface area contributed by atoms with E-state index in [1.54, 1.807) is 7.11 Å². The van der Waals surface area contributed by atoms with Crippen molar-refractivity contribution in [3.63, 3.8) is 0 Å². The minimum Gasteiger partial charge on any atom is -0.383 e. The van der Waals surface area contributed by atoms with Crippen LogP contribution in [0.15, 0.2) is 4.99 Å². The summed E-state index contributed by atoms with van der Waals surface area (Å²) in [7, 11) is 1.68. The first-order valence-electron chi connectivity index (χ1n) is 6.36. The van der Waals surface area contributed by atoms with Gasteiger partial charge in [0.15, 0.2) is 0 Å². The van der Waals surface area contributed by atoms with Crippen molar-refractivity contribution in [1.82, 2.24) is 10.3 Å². The summed E-state index contributed by atoms with van der Waals surface area (Å²) >= 11 is 0. The maximum Gasteiger partial charge on any atom is 0.208 e. The Morgan fingerprint density at radius 2 is 2.18 bits per heavy atom. The van der Waals surface area contributed by atoms with Gasteiger partial charge in [0.1, 0.15) is 0 Å². The van der Waals surface area contributed by atoms with Gasteiger partial charge in [-0.05, 0) is 25.2 Å². The number of guanidine groups is 1. The SMILES string of the molecule is COCCN=C(NN)N1CC(C)CC(C)C1C. The van der Waals surface area contributed by atoms with E-state index in [4.69, 9.17) is 10.6 Å². The maximum absolute atomic E-state index is 5.58. The van der Waals surface area contributed by atoms with Crippen LogP contribution in [-0.4, -0.2) is 43.7 Å². The van der Waals surface area contributed by atoms with Gasteiger partial charge in [-0.15, -0.1) is 0 Å². The number of piperidine rings is 1. The number of likely N-dealkylation sites (tertiary alicyclic amines) is 1. The highest BCUT2D eigenvalue weighted by Crippen LogP contribution is 2.26. The van der Waals surface area contributed by atoms with Gasteiger partial charge in [0.05, 0.1) is 13.2 Å². The first kappa shape index (κ1) is 14.3. The molecule has 0 aromatic rings. The number of hydrogen-bond acceptors (Lipinski definition) is 3. The van der Waals surface area contributed by atoms with Crippen molar-refractivity contribution in [2.24, 2.45) is 22.7 Å². The zero-order valence-electron chi connectivity index (χ0n) is 11.4. The highest BCUT2D eigenvalue weighted by Gasteiger charge is 2.30. The lowest BCUT2D eigenvalue weighted by Gasteiger charge is -2.42. The summed E-state index contributed by atoms with van der Waals surface area (Å²) in [6.45, 7) is 9.08. The molecule has 0 radical (unpaired) electrons. The van der Waals surface area contributed by atoms with Crippen LogP contribution in [0, 0.1) is 11.8 Å². The average molecular weight is 242 g/mol. The minimum absolute atomic E-state index is 0.476. The summed E-state index contributed by atoms with van der Waals surface area (Å²) < 4.78 is 5.00. The topological polar surface area (TPSA) is 62.9 Å². The molecule has 100 valence electrons. The number of nitrogens with two attached hydrogens (primary N) is 1. The molecule has 0 spiro atoms. The number of nitrogens with zero attached hydrogens (tertiary/aromatic N) is 2. The molecule has 0 aliphatic carbocycles. The third-order valence-electron chi connectivity index (χ3n) is 3.56. The Labute approximate surface area is 104 Å². The predicted octanol–water partition coefficient (Wildman–Crippen LogP) is 0.819. The zero-order chi connectivity index (χ0) is 12.8. The molecule has 17 heavy (non-hydrogen) atoms. The average Bonchev–Trinajstić information content (AvgIpc) is 2.30. The van der Waals surface area contributed by atoms with Gasteiger partial charge < -0.3 is 9.64 Å². The van der Waals surface area contributed by atoms with Crippen LogP contribution in [0.3, 0.4) is 0 Å². The molecule has 3 N–H and O–H groups in total. The van der Waals surface area contributed by atoms with Crippen LogP contribution in [0.1, 0.15) is 27.2 Å². The summed E-state index contributed by atoms with van der Waals surface area (Å²) in [6, 6.07) is 0.476. The molecule has 1 fully saturated rings. The summed E-state index contributed by atoms with van der Waals surface area (Å²) in [6.07, 6.45) is 1.27. The lowest BCUT2D eigenvalue weighted by Crippen LogP contribution is -2.55. The van der Waals surface area contributed by atoms with Crippen molar-refractivity contribution < 1.29 is 4.74 Å². The molecule has 0 saturated carbocycles. The number of hydrazine groups is 1. The van der Waals surface area contributed by atoms with E-state index < -0.39 is 0 Å². The van der Waals surface area contributed by atoms with E-state index in [2.05, 4.69) is 36.1 Å². The van der Waals surface area contributed by atoms with Gasteiger partial charge in [-0.1, -0.05) is 13.8 Å². The van der Waals surface area contributed by atoms with E-state index >= 15 is 0 Å². The Balaban J connectivity index is 2.68. The second-order valence-corrected chi connectivity index (χ2v) is 5.05. The van der Waals surface area contributed by atoms with Gasteiger partial charge in [-0.2, -0.15) is 0 Å². The zero-order valence-corrected chi connectivity index (χ0v) is 11.4. The molecule has 0 aromatic carbocycles. The van der Waals surface area contributed by atoms with E-state index in [0.29, 0.717) is 31.0 Å². The van der Waals surface area contributed by atoms with Gasteiger partial charge in [-0.3, -0.25) is 5.43 Å². The third-order valence-corrected chi connectivity index (χ3v) is 3.56. The second-order valence-electron chi connectivity index (χ2n) is 5.05. The van der Waals surface area contributed by atoms with Gasteiger partial charge in [0.2, 0.25) is 5.96 Å². The van der Waals surface area contributed by atoms with Crippen LogP contribution in [0.2, 0.25) is 0 Å². The molecule has 0 bridgehead atoms. The van der Waals surface area contributed by atoms with Crippen LogP contribution >= 0.6 is 0 Å². The standard InChI is InChI=1S/C12H26N4O/c1-9-7-10(2)11(3)16(8-9)12(15-13)14-5-6-17-4/h9-11H,5-8,13H2,1-4H3,(H,14,15). The van der Waals surface area contributed by atoms with Crippen LogP contribution in [-0.2, 0) is 4.74 Å². The summed E-state index contributed by atoms with van der Waals surface area (Å²) in [5.74, 6) is 7.71. The van der Waals surface area contributed by atoms with Crippen molar-refractivity contribution in [3.8, 4) is 0 Å². The van der Waals surface area contributed by atoms with Crippen molar-refractivity contribution in [3.05, 3.63) is 0 Å². The largest absolute Gasteiger partial charge is 0.383 e. The molecular formula is C12H26N4O. The number of aliphatic imine (C=N–C) groups is 1. The molecule has 5 heteroatoms. The highest BCUT2D eigenvalue weighted by molar-refractivity contribution is 5.79. The molecule has 0 aromatic heterocycles. The number of nitrogens with one attached hydrogen (secondary N) is 1. The minimum atomic E-state index is 0.476. The molecule has 3 atom stereocenters. The molecule has 1 saturated heterocycles. The smallest absolute Gasteiger partial charge is 0.208 e. The van der Waals surface area contributed by atoms with E-state index in [1.165, 1.54) is 6.42 Å². The Bertz CT molecular complexity index is 257. The normalized spacial score (nSPS) is 30.5. The molecule has 1 aliphatic heterocycles.